The summed E-state index contributed by atoms with van der Waals surface area (Å²) in [6.45, 7) is 4.92. The second kappa shape index (κ2) is 14.7. The largest absolute Gasteiger partial charge is 0.330 e. The summed E-state index contributed by atoms with van der Waals surface area (Å²) in [6.07, 6.45) is 1.81. The number of nitrogens with one attached hydrogen (secondary N) is 1. The Labute approximate surface area is 205 Å². The van der Waals surface area contributed by atoms with Crippen LogP contribution >= 0.6 is 0 Å². The third kappa shape index (κ3) is 8.36. The summed E-state index contributed by atoms with van der Waals surface area (Å²) in [5, 5.41) is 2.89. The summed E-state index contributed by atoms with van der Waals surface area (Å²) in [4.78, 5) is 15.8. The minimum Gasteiger partial charge on any atom is -0.330 e. The predicted octanol–water partition coefficient (Wildman–Crippen LogP) is 4.36. The zero-order valence-electron chi connectivity index (χ0n) is 20.2. The van der Waals surface area contributed by atoms with Gasteiger partial charge in [0.05, 0.1) is 11.0 Å². The molecule has 0 saturated heterocycles. The molecule has 0 bridgehead atoms. The Morgan fingerprint density at radius 2 is 1.49 bits per heavy atom. The van der Waals surface area contributed by atoms with Gasteiger partial charge in [-0.3, -0.25) is 4.79 Å². The molecule has 35 heavy (non-hydrogen) atoms. The first-order chi connectivity index (χ1) is 17.0. The van der Waals surface area contributed by atoms with Gasteiger partial charge in [0.1, 0.15) is 11.6 Å². The lowest BCUT2D eigenvalue weighted by atomic mass is 10.1. The molecule has 0 saturated carbocycles. The lowest BCUT2D eigenvalue weighted by Gasteiger charge is -2.08. The van der Waals surface area contributed by atoms with Gasteiger partial charge in [0.15, 0.2) is 12.1 Å². The number of halogens is 2. The van der Waals surface area contributed by atoms with E-state index in [0.29, 0.717) is 24.2 Å². The maximum Gasteiger partial charge on any atom is 0.185 e. The topological polar surface area (TPSA) is 99.0 Å². The molecule has 1 aromatic heterocycles. The van der Waals surface area contributed by atoms with E-state index in [-0.39, 0.29) is 11.6 Å². The molecule has 0 amide bonds. The van der Waals surface area contributed by atoms with E-state index in [9.17, 15) is 13.6 Å². The first-order valence-electron chi connectivity index (χ1n) is 11.5. The van der Waals surface area contributed by atoms with Crippen LogP contribution in [0.4, 0.5) is 8.78 Å². The van der Waals surface area contributed by atoms with Crippen LogP contribution in [0, 0.1) is 11.6 Å². The van der Waals surface area contributed by atoms with Gasteiger partial charge in [0.2, 0.25) is 0 Å². The van der Waals surface area contributed by atoms with Gasteiger partial charge < -0.3 is 21.4 Å². The highest BCUT2D eigenvalue weighted by atomic mass is 19.1. The van der Waals surface area contributed by atoms with Crippen LogP contribution in [-0.4, -0.2) is 42.5 Å². The average molecular weight is 482 g/mol. The Morgan fingerprint density at radius 3 is 1.97 bits per heavy atom. The third-order valence-corrected chi connectivity index (χ3v) is 5.00. The van der Waals surface area contributed by atoms with Gasteiger partial charge >= 0.3 is 0 Å². The van der Waals surface area contributed by atoms with Crippen molar-refractivity contribution in [1.82, 2.24) is 14.9 Å². The van der Waals surface area contributed by atoms with E-state index in [0.717, 1.165) is 48.3 Å². The first kappa shape index (κ1) is 27.8. The maximum atomic E-state index is 13.2. The third-order valence-electron chi connectivity index (χ3n) is 5.00. The van der Waals surface area contributed by atoms with Crippen molar-refractivity contribution in [3.05, 3.63) is 89.8 Å². The normalized spacial score (nSPS) is 10.2. The Kier molecular flexibility index (Phi) is 11.7. The first-order valence-corrected chi connectivity index (χ1v) is 11.5. The van der Waals surface area contributed by atoms with Gasteiger partial charge in [-0.05, 0) is 73.1 Å². The van der Waals surface area contributed by atoms with Crippen molar-refractivity contribution in [3.8, 4) is 11.1 Å². The standard InChI is InChI=1S/C21H14F2N2O.C3H10N2.C3H9N/c22-17-6-1-14(2-7-17)12-25-20-11-16(15-3-8-18(23)9-4-15)5-10-19(20)24-21(25)13-26;1-5-3-2-4;1-2-3-4/h1-11,13H,12H2;5H,2-4H2,1H3;2-4H2,1H3. The van der Waals surface area contributed by atoms with Crippen molar-refractivity contribution in [2.24, 2.45) is 11.5 Å². The van der Waals surface area contributed by atoms with E-state index in [4.69, 9.17) is 11.5 Å². The van der Waals surface area contributed by atoms with E-state index in [2.05, 4.69) is 17.2 Å². The number of benzene rings is 3. The van der Waals surface area contributed by atoms with Crippen LogP contribution in [0.3, 0.4) is 0 Å². The number of aromatic nitrogens is 2. The fourth-order valence-corrected chi connectivity index (χ4v) is 3.14. The van der Waals surface area contributed by atoms with Crippen molar-refractivity contribution >= 4 is 17.3 Å². The number of imidazole rings is 1. The second-order valence-electron chi connectivity index (χ2n) is 7.69. The molecule has 6 nitrogen and oxygen atoms in total. The predicted molar refractivity (Wildman–Crippen MR) is 138 cm³/mol. The number of nitrogens with zero attached hydrogens (tertiary/aromatic N) is 2. The van der Waals surface area contributed by atoms with Crippen molar-refractivity contribution in [2.45, 2.75) is 19.9 Å². The molecular formula is C27H33F2N5O. The number of carbonyl (C=O) groups excluding carboxylic acids is 1. The van der Waals surface area contributed by atoms with Crippen molar-refractivity contribution in [2.75, 3.05) is 26.7 Å². The molecule has 0 unspecified atom stereocenters. The molecule has 0 fully saturated rings. The molecule has 3 aromatic carbocycles. The van der Waals surface area contributed by atoms with Crippen LogP contribution in [0.2, 0.25) is 0 Å². The highest BCUT2D eigenvalue weighted by molar-refractivity contribution is 5.86. The molecule has 0 aliphatic heterocycles. The Morgan fingerprint density at radius 1 is 0.914 bits per heavy atom. The lowest BCUT2D eigenvalue weighted by Crippen LogP contribution is -2.17. The van der Waals surface area contributed by atoms with Crippen molar-refractivity contribution in [1.29, 1.82) is 0 Å². The van der Waals surface area contributed by atoms with E-state index >= 15 is 0 Å². The quantitative estimate of drug-likeness (QED) is 0.341. The SMILES string of the molecule is CCCN.CNCCN.O=Cc1nc2ccc(-c3ccc(F)cc3)cc2n1Cc1ccc(F)cc1. The van der Waals surface area contributed by atoms with Gasteiger partial charge in [0.25, 0.3) is 0 Å². The van der Waals surface area contributed by atoms with Crippen LogP contribution in [0.25, 0.3) is 22.2 Å². The summed E-state index contributed by atoms with van der Waals surface area (Å²) >= 11 is 0. The number of hydrogen-bond acceptors (Lipinski definition) is 5. The molecule has 1 heterocycles. The maximum absolute atomic E-state index is 13.2. The van der Waals surface area contributed by atoms with Gasteiger partial charge in [-0.25, -0.2) is 13.8 Å². The van der Waals surface area contributed by atoms with Gasteiger partial charge in [-0.2, -0.15) is 0 Å². The number of carbonyl (C=O) groups is 1. The molecule has 5 N–H and O–H groups in total. The number of hydrogen-bond donors (Lipinski definition) is 3. The van der Waals surface area contributed by atoms with Crippen LogP contribution in [-0.2, 0) is 6.54 Å². The van der Waals surface area contributed by atoms with Crippen LogP contribution in [0.1, 0.15) is 29.5 Å². The zero-order valence-corrected chi connectivity index (χ0v) is 20.2. The molecular weight excluding hydrogens is 448 g/mol. The minimum atomic E-state index is -0.307. The number of aldehydes is 1. The molecule has 4 rings (SSSR count). The molecule has 0 radical (unpaired) electrons. The number of likely N-dealkylation sites (N-methyl/N-ethyl adjacent to an activating group) is 1. The molecule has 8 heteroatoms. The molecule has 0 atom stereocenters. The summed E-state index contributed by atoms with van der Waals surface area (Å²) in [7, 11) is 1.88. The van der Waals surface area contributed by atoms with E-state index in [1.165, 1.54) is 24.3 Å². The summed E-state index contributed by atoms with van der Waals surface area (Å²) < 4.78 is 28.1. The Hall–Kier alpha value is -3.46. The molecule has 0 aliphatic rings. The molecule has 4 aromatic rings. The van der Waals surface area contributed by atoms with Gasteiger partial charge in [0, 0.05) is 19.6 Å². The number of rotatable bonds is 7. The lowest BCUT2D eigenvalue weighted by molar-refractivity contribution is 0.111. The van der Waals surface area contributed by atoms with E-state index in [1.807, 2.05) is 25.2 Å². The Balaban J connectivity index is 0.000000414. The second-order valence-corrected chi connectivity index (χ2v) is 7.69. The van der Waals surface area contributed by atoms with Gasteiger partial charge in [-0.15, -0.1) is 0 Å². The molecule has 186 valence electrons. The number of nitrogens with two attached hydrogens (primary N) is 2. The smallest absolute Gasteiger partial charge is 0.185 e. The minimum absolute atomic E-state index is 0.292. The summed E-state index contributed by atoms with van der Waals surface area (Å²) in [5.41, 5.74) is 14.2. The highest BCUT2D eigenvalue weighted by Gasteiger charge is 2.12. The summed E-state index contributed by atoms with van der Waals surface area (Å²) in [5.74, 6) is -0.293. The fourth-order valence-electron chi connectivity index (χ4n) is 3.14. The van der Waals surface area contributed by atoms with Gasteiger partial charge in [-0.1, -0.05) is 37.3 Å². The molecule has 0 spiro atoms. The number of fused-ring (bicyclic) bond motifs is 1. The molecule has 0 aliphatic carbocycles. The average Bonchev–Trinajstić information content (AvgIpc) is 3.23. The summed E-state index contributed by atoms with van der Waals surface area (Å²) in [6, 6.07) is 18.0. The monoisotopic (exact) mass is 481 g/mol. The van der Waals surface area contributed by atoms with Crippen molar-refractivity contribution < 1.29 is 13.6 Å². The van der Waals surface area contributed by atoms with Crippen LogP contribution < -0.4 is 16.8 Å². The zero-order chi connectivity index (χ0) is 25.6. The van der Waals surface area contributed by atoms with E-state index < -0.39 is 0 Å². The van der Waals surface area contributed by atoms with Crippen LogP contribution in [0.5, 0.6) is 0 Å². The van der Waals surface area contributed by atoms with Crippen LogP contribution in [0.15, 0.2) is 66.7 Å². The Bertz CT molecular complexity index is 1170. The highest BCUT2D eigenvalue weighted by Crippen LogP contribution is 2.26. The van der Waals surface area contributed by atoms with Crippen molar-refractivity contribution in [3.63, 3.8) is 0 Å². The van der Waals surface area contributed by atoms with E-state index in [1.54, 1.807) is 28.8 Å². The fraction of sp³-hybridized carbons (Fsp3) is 0.259.